The summed E-state index contributed by atoms with van der Waals surface area (Å²) in [4.78, 5) is 26.8. The highest BCUT2D eigenvalue weighted by Gasteiger charge is 2.35. The molecule has 20 heavy (non-hydrogen) atoms. The molecule has 2 heterocycles. The highest BCUT2D eigenvalue weighted by Crippen LogP contribution is 2.37. The zero-order valence-electron chi connectivity index (χ0n) is 11.5. The summed E-state index contributed by atoms with van der Waals surface area (Å²) in [5, 5.41) is 2.86. The Bertz CT molecular complexity index is 521. The number of carbonyl (C=O) groups excluding carboxylic acids is 2. The number of nitrogens with zero attached hydrogens (tertiary/aromatic N) is 1. The first-order valence-corrected chi connectivity index (χ1v) is 7.87. The van der Waals surface area contributed by atoms with E-state index in [1.165, 1.54) is 10.5 Å². The highest BCUT2D eigenvalue weighted by molar-refractivity contribution is 8.00. The Labute approximate surface area is 122 Å². The SMILES string of the molecule is CCC1C(=O)NC(=O)CN1CC1Cc2ccccc2S1. The Morgan fingerprint density at radius 2 is 2.15 bits per heavy atom. The van der Waals surface area contributed by atoms with E-state index in [4.69, 9.17) is 0 Å². The normalized spacial score (nSPS) is 26.4. The van der Waals surface area contributed by atoms with E-state index in [0.29, 0.717) is 11.8 Å². The number of hydrogen-bond donors (Lipinski definition) is 1. The minimum atomic E-state index is -0.180. The van der Waals surface area contributed by atoms with Crippen molar-refractivity contribution in [3.63, 3.8) is 0 Å². The van der Waals surface area contributed by atoms with E-state index in [1.54, 1.807) is 0 Å². The molecule has 1 N–H and O–H groups in total. The maximum absolute atomic E-state index is 11.9. The fourth-order valence-corrected chi connectivity index (χ4v) is 4.32. The van der Waals surface area contributed by atoms with Crippen molar-refractivity contribution in [1.82, 2.24) is 10.2 Å². The first kappa shape index (κ1) is 13.6. The van der Waals surface area contributed by atoms with Crippen LogP contribution >= 0.6 is 11.8 Å². The van der Waals surface area contributed by atoms with Crippen molar-refractivity contribution in [2.45, 2.75) is 36.0 Å². The fourth-order valence-electron chi connectivity index (χ4n) is 2.97. The molecule has 2 amide bonds. The molecule has 2 unspecified atom stereocenters. The predicted octanol–water partition coefficient (Wildman–Crippen LogP) is 1.44. The van der Waals surface area contributed by atoms with Gasteiger partial charge < -0.3 is 0 Å². The van der Waals surface area contributed by atoms with Gasteiger partial charge in [0.25, 0.3) is 0 Å². The van der Waals surface area contributed by atoms with Gasteiger partial charge in [-0.3, -0.25) is 19.8 Å². The molecule has 2 aliphatic rings. The minimum Gasteiger partial charge on any atom is -0.294 e. The molecule has 0 radical (unpaired) electrons. The number of amides is 2. The van der Waals surface area contributed by atoms with Crippen molar-refractivity contribution in [2.75, 3.05) is 13.1 Å². The van der Waals surface area contributed by atoms with Crippen LogP contribution in [-0.2, 0) is 16.0 Å². The largest absolute Gasteiger partial charge is 0.294 e. The minimum absolute atomic E-state index is 0.149. The molecule has 1 saturated heterocycles. The van der Waals surface area contributed by atoms with Crippen LogP contribution in [0, 0.1) is 0 Å². The number of benzene rings is 1. The van der Waals surface area contributed by atoms with E-state index in [1.807, 2.05) is 23.6 Å². The van der Waals surface area contributed by atoms with Crippen LogP contribution in [0.3, 0.4) is 0 Å². The predicted molar refractivity (Wildman–Crippen MR) is 78.6 cm³/mol. The third kappa shape index (κ3) is 2.60. The van der Waals surface area contributed by atoms with Crippen LogP contribution in [0.5, 0.6) is 0 Å². The summed E-state index contributed by atoms with van der Waals surface area (Å²) >= 11 is 1.86. The van der Waals surface area contributed by atoms with Crippen molar-refractivity contribution in [3.8, 4) is 0 Å². The van der Waals surface area contributed by atoms with Gasteiger partial charge in [0, 0.05) is 16.7 Å². The summed E-state index contributed by atoms with van der Waals surface area (Å²) in [7, 11) is 0. The molecular formula is C15H18N2O2S. The summed E-state index contributed by atoms with van der Waals surface area (Å²) in [6.45, 7) is 3.11. The van der Waals surface area contributed by atoms with Crippen LogP contribution in [0.15, 0.2) is 29.2 Å². The van der Waals surface area contributed by atoms with Crippen LogP contribution in [0.2, 0.25) is 0 Å². The molecule has 2 atom stereocenters. The van der Waals surface area contributed by atoms with Crippen molar-refractivity contribution < 1.29 is 9.59 Å². The third-order valence-corrected chi connectivity index (χ3v) is 5.19. The van der Waals surface area contributed by atoms with Crippen LogP contribution in [-0.4, -0.2) is 41.1 Å². The zero-order chi connectivity index (χ0) is 14.1. The Hall–Kier alpha value is -1.33. The van der Waals surface area contributed by atoms with Gasteiger partial charge in [0.1, 0.15) is 0 Å². The van der Waals surface area contributed by atoms with E-state index < -0.39 is 0 Å². The smallest absolute Gasteiger partial charge is 0.243 e. The maximum atomic E-state index is 11.9. The van der Waals surface area contributed by atoms with Gasteiger partial charge in [-0.2, -0.15) is 0 Å². The van der Waals surface area contributed by atoms with Crippen molar-refractivity contribution in [2.24, 2.45) is 0 Å². The molecular weight excluding hydrogens is 272 g/mol. The number of imide groups is 1. The summed E-state index contributed by atoms with van der Waals surface area (Å²) in [5.41, 5.74) is 1.38. The Balaban J connectivity index is 1.69. The van der Waals surface area contributed by atoms with Gasteiger partial charge in [-0.05, 0) is 24.5 Å². The Morgan fingerprint density at radius 3 is 2.90 bits per heavy atom. The molecule has 106 valence electrons. The second-order valence-electron chi connectivity index (χ2n) is 5.32. The van der Waals surface area contributed by atoms with Gasteiger partial charge >= 0.3 is 0 Å². The number of thioether (sulfide) groups is 1. The number of nitrogens with one attached hydrogen (secondary N) is 1. The van der Waals surface area contributed by atoms with Crippen LogP contribution in [0.4, 0.5) is 0 Å². The molecule has 0 aliphatic carbocycles. The van der Waals surface area contributed by atoms with E-state index in [2.05, 4.69) is 29.6 Å². The van der Waals surface area contributed by atoms with E-state index in [-0.39, 0.29) is 17.9 Å². The summed E-state index contributed by atoms with van der Waals surface area (Å²) < 4.78 is 0. The van der Waals surface area contributed by atoms with Crippen molar-refractivity contribution in [3.05, 3.63) is 29.8 Å². The van der Waals surface area contributed by atoms with Gasteiger partial charge in [0.15, 0.2) is 0 Å². The van der Waals surface area contributed by atoms with Crippen LogP contribution < -0.4 is 5.32 Å². The van der Waals surface area contributed by atoms with Crippen molar-refractivity contribution in [1.29, 1.82) is 0 Å². The molecule has 3 rings (SSSR count). The molecule has 0 spiro atoms. The summed E-state index contributed by atoms with van der Waals surface area (Å²) in [5.74, 6) is -0.329. The summed E-state index contributed by atoms with van der Waals surface area (Å²) in [6.07, 6.45) is 1.76. The van der Waals surface area contributed by atoms with Crippen LogP contribution in [0.1, 0.15) is 18.9 Å². The van der Waals surface area contributed by atoms with Gasteiger partial charge in [-0.15, -0.1) is 11.8 Å². The molecule has 5 heteroatoms. The molecule has 4 nitrogen and oxygen atoms in total. The number of fused-ring (bicyclic) bond motifs is 1. The standard InChI is InChI=1S/C15H18N2O2S/c1-2-12-15(19)16-14(18)9-17(12)8-11-7-10-5-3-4-6-13(10)20-11/h3-6,11-12H,2,7-9H2,1H3,(H,16,18,19). The van der Waals surface area contributed by atoms with Gasteiger partial charge in [-0.25, -0.2) is 0 Å². The van der Waals surface area contributed by atoms with Gasteiger partial charge in [-0.1, -0.05) is 25.1 Å². The second kappa shape index (κ2) is 5.58. The molecule has 1 aromatic rings. The Morgan fingerprint density at radius 1 is 1.35 bits per heavy atom. The van der Waals surface area contributed by atoms with Gasteiger partial charge in [0.2, 0.25) is 11.8 Å². The lowest BCUT2D eigenvalue weighted by Gasteiger charge is -2.34. The molecule has 0 aromatic heterocycles. The molecule has 0 bridgehead atoms. The topological polar surface area (TPSA) is 49.4 Å². The molecule has 0 saturated carbocycles. The lowest BCUT2D eigenvalue weighted by atomic mass is 10.1. The van der Waals surface area contributed by atoms with E-state index >= 15 is 0 Å². The van der Waals surface area contributed by atoms with E-state index in [0.717, 1.165) is 19.4 Å². The third-order valence-electron chi connectivity index (χ3n) is 3.89. The number of carbonyl (C=O) groups is 2. The first-order chi connectivity index (χ1) is 9.67. The molecule has 1 fully saturated rings. The van der Waals surface area contributed by atoms with Crippen molar-refractivity contribution >= 4 is 23.6 Å². The number of piperazine rings is 1. The fraction of sp³-hybridized carbons (Fsp3) is 0.467. The second-order valence-corrected chi connectivity index (χ2v) is 6.66. The molecule has 1 aromatic carbocycles. The highest BCUT2D eigenvalue weighted by atomic mass is 32.2. The maximum Gasteiger partial charge on any atom is 0.243 e. The Kier molecular flexibility index (Phi) is 3.81. The quantitative estimate of drug-likeness (QED) is 0.856. The summed E-state index contributed by atoms with van der Waals surface area (Å²) in [6, 6.07) is 8.26. The van der Waals surface area contributed by atoms with Crippen LogP contribution in [0.25, 0.3) is 0 Å². The average Bonchev–Trinajstić information content (AvgIpc) is 2.80. The lowest BCUT2D eigenvalue weighted by Crippen LogP contribution is -2.58. The monoisotopic (exact) mass is 290 g/mol. The number of rotatable bonds is 3. The average molecular weight is 290 g/mol. The van der Waals surface area contributed by atoms with Gasteiger partial charge in [0.05, 0.1) is 12.6 Å². The zero-order valence-corrected chi connectivity index (χ0v) is 12.3. The lowest BCUT2D eigenvalue weighted by molar-refractivity contribution is -0.140. The first-order valence-electron chi connectivity index (χ1n) is 6.99. The number of hydrogen-bond acceptors (Lipinski definition) is 4. The van der Waals surface area contributed by atoms with E-state index in [9.17, 15) is 9.59 Å². The molecule has 2 aliphatic heterocycles.